The third-order valence-corrected chi connectivity index (χ3v) is 11.4. The average Bonchev–Trinajstić information content (AvgIpc) is 3.24. The first-order chi connectivity index (χ1) is 21.0. The van der Waals surface area contributed by atoms with Crippen LogP contribution < -0.4 is 4.90 Å². The van der Waals surface area contributed by atoms with Gasteiger partial charge in [-0.05, 0) is 81.1 Å². The second kappa shape index (κ2) is 12.0. The van der Waals surface area contributed by atoms with Gasteiger partial charge in [0.25, 0.3) is 0 Å². The van der Waals surface area contributed by atoms with E-state index in [0.29, 0.717) is 51.8 Å². The van der Waals surface area contributed by atoms with Crippen LogP contribution in [0.5, 0.6) is 0 Å². The Labute approximate surface area is 272 Å². The van der Waals surface area contributed by atoms with E-state index in [1.54, 1.807) is 42.5 Å². The van der Waals surface area contributed by atoms with Gasteiger partial charge in [0.2, 0.25) is 11.8 Å². The number of anilines is 1. The van der Waals surface area contributed by atoms with Crippen molar-refractivity contribution in [3.63, 3.8) is 0 Å². The molecule has 2 heterocycles. The molecule has 9 heteroatoms. The van der Waals surface area contributed by atoms with E-state index in [9.17, 15) is 19.2 Å². The molecule has 1 aromatic heterocycles. The summed E-state index contributed by atoms with van der Waals surface area (Å²) in [7, 11) is 0. The van der Waals surface area contributed by atoms with Crippen molar-refractivity contribution in [2.75, 3.05) is 11.5 Å². The number of amides is 2. The number of hydrogen-bond acceptors (Lipinski definition) is 6. The molecule has 1 aliphatic carbocycles. The summed E-state index contributed by atoms with van der Waals surface area (Å²) in [5.74, 6) is -1.91. The minimum Gasteiger partial charge on any atom is -0.454 e. The van der Waals surface area contributed by atoms with Crippen molar-refractivity contribution in [1.82, 2.24) is 4.98 Å². The highest BCUT2D eigenvalue weighted by molar-refractivity contribution is 9.12. The molecule has 2 fully saturated rings. The Bertz CT molecular complexity index is 1810. The first-order valence-corrected chi connectivity index (χ1v) is 16.3. The molecule has 4 unspecified atom stereocenters. The average molecular weight is 718 g/mol. The number of Topliss-reactive ketones (excluding diaryl/α,β-unsaturated/α-hetero) is 1. The van der Waals surface area contributed by atoms with E-state index in [0.717, 1.165) is 16.7 Å². The highest BCUT2D eigenvalue weighted by Crippen LogP contribution is 2.44. The van der Waals surface area contributed by atoms with Gasteiger partial charge in [-0.25, -0.2) is 9.78 Å². The molecule has 1 saturated heterocycles. The fourth-order valence-electron chi connectivity index (χ4n) is 5.99. The van der Waals surface area contributed by atoms with Crippen LogP contribution in [0.1, 0.15) is 50.2 Å². The third kappa shape index (κ3) is 5.63. The molecule has 4 aromatic rings. The Morgan fingerprint density at radius 3 is 2.14 bits per heavy atom. The van der Waals surface area contributed by atoms with Gasteiger partial charge in [-0.15, -0.1) is 0 Å². The number of nitrogens with zero attached hydrogens (tertiary/aromatic N) is 2. The van der Waals surface area contributed by atoms with Crippen molar-refractivity contribution in [2.24, 2.45) is 11.8 Å². The molecule has 4 atom stereocenters. The Morgan fingerprint density at radius 1 is 0.841 bits per heavy atom. The summed E-state index contributed by atoms with van der Waals surface area (Å²) in [4.78, 5) is 59.1. The molecule has 2 aliphatic rings. The second-order valence-corrected chi connectivity index (χ2v) is 14.0. The molecule has 0 N–H and O–H groups in total. The minimum absolute atomic E-state index is 0.136. The number of fused-ring (bicyclic) bond motifs is 2. The lowest BCUT2D eigenvalue weighted by molar-refractivity contribution is -0.122. The maximum Gasteiger partial charge on any atom is 0.339 e. The summed E-state index contributed by atoms with van der Waals surface area (Å²) in [6.45, 7) is 5.45. The summed E-state index contributed by atoms with van der Waals surface area (Å²) >= 11 is 7.27. The Balaban J connectivity index is 1.27. The maximum absolute atomic E-state index is 13.4. The molecular formula is C35H30Br2N2O5. The Morgan fingerprint density at radius 2 is 1.50 bits per heavy atom. The topological polar surface area (TPSA) is 93.6 Å². The summed E-state index contributed by atoms with van der Waals surface area (Å²) in [6.07, 6.45) is 1.21. The lowest BCUT2D eigenvalue weighted by atomic mass is 9.81. The van der Waals surface area contributed by atoms with Crippen LogP contribution in [0, 0.1) is 32.6 Å². The van der Waals surface area contributed by atoms with Crippen LogP contribution in [0.2, 0.25) is 0 Å². The lowest BCUT2D eigenvalue weighted by Crippen LogP contribution is -2.34. The van der Waals surface area contributed by atoms with Crippen molar-refractivity contribution in [3.05, 3.63) is 94.5 Å². The largest absolute Gasteiger partial charge is 0.454 e. The van der Waals surface area contributed by atoms with Crippen molar-refractivity contribution < 1.29 is 23.9 Å². The summed E-state index contributed by atoms with van der Waals surface area (Å²) in [5.41, 5.74) is 6.16. The monoisotopic (exact) mass is 716 g/mol. The smallest absolute Gasteiger partial charge is 0.339 e. The predicted molar refractivity (Wildman–Crippen MR) is 177 cm³/mol. The number of aromatic nitrogens is 1. The van der Waals surface area contributed by atoms with Crippen LogP contribution >= 0.6 is 31.9 Å². The number of pyridine rings is 1. The quantitative estimate of drug-likeness (QED) is 0.0900. The summed E-state index contributed by atoms with van der Waals surface area (Å²) < 4.78 is 5.52. The van der Waals surface area contributed by atoms with E-state index in [1.165, 1.54) is 4.90 Å². The number of aryl methyl sites for hydroxylation is 3. The van der Waals surface area contributed by atoms with E-state index < -0.39 is 5.97 Å². The van der Waals surface area contributed by atoms with Gasteiger partial charge in [-0.1, -0.05) is 67.8 Å². The molecule has 1 aliphatic heterocycles. The molecule has 0 bridgehead atoms. The molecule has 7 nitrogen and oxygen atoms in total. The van der Waals surface area contributed by atoms with Crippen molar-refractivity contribution in [3.8, 4) is 11.3 Å². The van der Waals surface area contributed by atoms with E-state index in [1.807, 2.05) is 45.0 Å². The fourth-order valence-corrected chi connectivity index (χ4v) is 7.23. The van der Waals surface area contributed by atoms with Gasteiger partial charge >= 0.3 is 5.97 Å². The third-order valence-electron chi connectivity index (χ3n) is 8.68. The number of hydrogen-bond donors (Lipinski definition) is 0. The number of rotatable bonds is 6. The number of ketones is 1. The molecule has 3 aromatic carbocycles. The number of alkyl halides is 2. The number of halogens is 2. The van der Waals surface area contributed by atoms with Crippen molar-refractivity contribution in [1.29, 1.82) is 0 Å². The molecule has 1 saturated carbocycles. The van der Waals surface area contributed by atoms with E-state index in [-0.39, 0.29) is 45.7 Å². The number of esters is 1. The lowest BCUT2D eigenvalue weighted by Gasteiger charge is -2.29. The van der Waals surface area contributed by atoms with Crippen LogP contribution in [0.25, 0.3) is 22.2 Å². The number of ether oxygens (including phenoxy) is 1. The molecule has 0 radical (unpaired) electrons. The van der Waals surface area contributed by atoms with Crippen LogP contribution in [0.3, 0.4) is 0 Å². The molecule has 2 amide bonds. The van der Waals surface area contributed by atoms with Crippen molar-refractivity contribution in [2.45, 2.75) is 43.3 Å². The fraction of sp³-hybridized carbons (Fsp3) is 0.286. The van der Waals surface area contributed by atoms with Crippen LogP contribution in [0.4, 0.5) is 5.69 Å². The predicted octanol–water partition coefficient (Wildman–Crippen LogP) is 7.29. The number of benzene rings is 3. The highest BCUT2D eigenvalue weighted by atomic mass is 79.9. The number of carbonyl (C=O) groups is 4. The first kappa shape index (κ1) is 30.3. The molecule has 44 heavy (non-hydrogen) atoms. The molecular weight excluding hydrogens is 688 g/mol. The van der Waals surface area contributed by atoms with Crippen LogP contribution in [-0.2, 0) is 14.3 Å². The Kier molecular flexibility index (Phi) is 8.28. The molecule has 0 spiro atoms. The van der Waals surface area contributed by atoms with Gasteiger partial charge in [0.15, 0.2) is 12.4 Å². The summed E-state index contributed by atoms with van der Waals surface area (Å²) in [5, 5.41) is 0.625. The van der Waals surface area contributed by atoms with Gasteiger partial charge in [-0.3, -0.25) is 19.3 Å². The van der Waals surface area contributed by atoms with Crippen molar-refractivity contribution >= 4 is 72.0 Å². The zero-order valence-corrected chi connectivity index (χ0v) is 27.6. The van der Waals surface area contributed by atoms with Gasteiger partial charge in [0.1, 0.15) is 0 Å². The highest BCUT2D eigenvalue weighted by Gasteiger charge is 2.52. The molecule has 224 valence electrons. The minimum atomic E-state index is -0.621. The SMILES string of the molecule is Cc1ccc2nc(-c3ccc(N4C(=O)C5CC(Br)C(Br)CC5C4=O)cc3)cc(C(=O)OCC(=O)c3ccc(C)c(C)c3)c2c1. The van der Waals surface area contributed by atoms with E-state index in [4.69, 9.17) is 9.72 Å². The normalized spacial score (nSPS) is 21.4. The van der Waals surface area contributed by atoms with Gasteiger partial charge < -0.3 is 4.74 Å². The zero-order chi connectivity index (χ0) is 31.3. The maximum atomic E-state index is 13.4. The summed E-state index contributed by atoms with van der Waals surface area (Å²) in [6, 6.07) is 19.8. The van der Waals surface area contributed by atoms with E-state index in [2.05, 4.69) is 31.9 Å². The number of imide groups is 1. The van der Waals surface area contributed by atoms with Gasteiger partial charge in [-0.2, -0.15) is 0 Å². The van der Waals surface area contributed by atoms with Gasteiger partial charge in [0.05, 0.1) is 34.3 Å². The van der Waals surface area contributed by atoms with E-state index >= 15 is 0 Å². The second-order valence-electron chi connectivity index (χ2n) is 11.6. The Hall–Kier alpha value is -3.69. The van der Waals surface area contributed by atoms with Gasteiger partial charge in [0, 0.05) is 26.2 Å². The first-order valence-electron chi connectivity index (χ1n) is 14.5. The number of carbonyl (C=O) groups excluding carboxylic acids is 4. The molecule has 6 rings (SSSR count). The zero-order valence-electron chi connectivity index (χ0n) is 24.5. The standard InChI is InChI=1S/C35H30Br2N2O5/c1-18-4-11-30-24(12-18)27(35(43)44-17-32(40)22-6-5-19(2)20(3)13-22)16-31(38-30)21-7-9-23(10-8-21)39-33(41)25-14-28(36)29(37)15-26(25)34(39)42/h4-13,16,25-26,28-29H,14-15,17H2,1-3H3. The van der Waals surface area contributed by atoms with Crippen LogP contribution in [0.15, 0.2) is 66.7 Å². The van der Waals surface area contributed by atoms with Crippen LogP contribution in [-0.4, -0.2) is 44.8 Å².